The SMILES string of the molecule is Cl.N[C@H](c1cc(Cl)ccc1F)[C@@H](O)C1CC1. The number of nitrogens with two attached hydrogens (primary N) is 1. The van der Waals surface area contributed by atoms with Crippen LogP contribution in [0, 0.1) is 11.7 Å². The normalized spacial score (nSPS) is 18.8. The standard InChI is InChI=1S/C11H13ClFNO.ClH/c12-7-3-4-9(13)8(5-7)10(14)11(15)6-1-2-6;/h3-6,10-11,15H,1-2,14H2;1H/t10-,11+;/m1./s1. The summed E-state index contributed by atoms with van der Waals surface area (Å²) in [4.78, 5) is 0. The van der Waals surface area contributed by atoms with Gasteiger partial charge in [0.1, 0.15) is 5.82 Å². The van der Waals surface area contributed by atoms with Crippen LogP contribution in [0.3, 0.4) is 0 Å². The summed E-state index contributed by atoms with van der Waals surface area (Å²) in [5, 5.41) is 10.2. The van der Waals surface area contributed by atoms with Gasteiger partial charge in [-0.25, -0.2) is 4.39 Å². The lowest BCUT2D eigenvalue weighted by Gasteiger charge is -2.19. The van der Waals surface area contributed by atoms with Crippen molar-refractivity contribution in [2.24, 2.45) is 11.7 Å². The second kappa shape index (κ2) is 5.32. The van der Waals surface area contributed by atoms with Crippen LogP contribution in [-0.2, 0) is 0 Å². The van der Waals surface area contributed by atoms with Crippen molar-refractivity contribution < 1.29 is 9.50 Å². The molecule has 1 aliphatic rings. The Morgan fingerprint density at radius 2 is 2.06 bits per heavy atom. The van der Waals surface area contributed by atoms with Gasteiger partial charge >= 0.3 is 0 Å². The summed E-state index contributed by atoms with van der Waals surface area (Å²) >= 11 is 5.76. The molecule has 1 aromatic rings. The molecule has 1 fully saturated rings. The third-order valence-corrected chi connectivity index (χ3v) is 3.03. The second-order valence-corrected chi connectivity index (χ2v) is 4.46. The van der Waals surface area contributed by atoms with E-state index in [1.807, 2.05) is 0 Å². The zero-order valence-corrected chi connectivity index (χ0v) is 10.1. The Balaban J connectivity index is 0.00000128. The fourth-order valence-corrected chi connectivity index (χ4v) is 1.87. The molecule has 1 aliphatic carbocycles. The fraction of sp³-hybridized carbons (Fsp3) is 0.455. The highest BCUT2D eigenvalue weighted by atomic mass is 35.5. The molecule has 90 valence electrons. The average Bonchev–Trinajstić information content (AvgIpc) is 3.03. The van der Waals surface area contributed by atoms with Crippen molar-refractivity contribution in [3.63, 3.8) is 0 Å². The second-order valence-electron chi connectivity index (χ2n) is 4.02. The van der Waals surface area contributed by atoms with E-state index < -0.39 is 18.0 Å². The van der Waals surface area contributed by atoms with E-state index in [4.69, 9.17) is 17.3 Å². The minimum atomic E-state index is -0.684. The molecule has 0 spiro atoms. The zero-order valence-electron chi connectivity index (χ0n) is 8.57. The number of hydrogen-bond acceptors (Lipinski definition) is 2. The Morgan fingerprint density at radius 1 is 1.44 bits per heavy atom. The van der Waals surface area contributed by atoms with Crippen LogP contribution in [-0.4, -0.2) is 11.2 Å². The highest BCUT2D eigenvalue weighted by Gasteiger charge is 2.35. The van der Waals surface area contributed by atoms with Gasteiger partial charge < -0.3 is 10.8 Å². The van der Waals surface area contributed by atoms with Gasteiger partial charge in [0.25, 0.3) is 0 Å². The minimum Gasteiger partial charge on any atom is -0.391 e. The van der Waals surface area contributed by atoms with E-state index in [2.05, 4.69) is 0 Å². The topological polar surface area (TPSA) is 46.2 Å². The van der Waals surface area contributed by atoms with Gasteiger partial charge in [-0.2, -0.15) is 0 Å². The quantitative estimate of drug-likeness (QED) is 0.883. The van der Waals surface area contributed by atoms with E-state index >= 15 is 0 Å². The van der Waals surface area contributed by atoms with Crippen molar-refractivity contribution in [3.8, 4) is 0 Å². The number of halogens is 3. The number of rotatable bonds is 3. The van der Waals surface area contributed by atoms with Gasteiger partial charge in [-0.05, 0) is 37.0 Å². The monoisotopic (exact) mass is 265 g/mol. The summed E-state index contributed by atoms with van der Waals surface area (Å²) in [5.74, 6) is -0.190. The van der Waals surface area contributed by atoms with Crippen LogP contribution < -0.4 is 5.73 Å². The van der Waals surface area contributed by atoms with Crippen molar-refractivity contribution >= 4 is 24.0 Å². The van der Waals surface area contributed by atoms with Crippen LogP contribution in [0.2, 0.25) is 5.02 Å². The van der Waals surface area contributed by atoms with Gasteiger partial charge in [-0.1, -0.05) is 11.6 Å². The van der Waals surface area contributed by atoms with Crippen LogP contribution in [0.15, 0.2) is 18.2 Å². The molecule has 0 amide bonds. The van der Waals surface area contributed by atoms with Gasteiger partial charge in [-0.3, -0.25) is 0 Å². The van der Waals surface area contributed by atoms with Crippen LogP contribution in [0.5, 0.6) is 0 Å². The molecule has 1 aromatic carbocycles. The first-order valence-corrected chi connectivity index (χ1v) is 5.36. The molecule has 0 heterocycles. The summed E-state index contributed by atoms with van der Waals surface area (Å²) < 4.78 is 13.4. The van der Waals surface area contributed by atoms with E-state index in [0.29, 0.717) is 10.6 Å². The summed E-state index contributed by atoms with van der Waals surface area (Å²) in [6.45, 7) is 0. The molecule has 0 aromatic heterocycles. The maximum Gasteiger partial charge on any atom is 0.128 e. The van der Waals surface area contributed by atoms with Gasteiger partial charge in [0.2, 0.25) is 0 Å². The third kappa shape index (κ3) is 2.86. The van der Waals surface area contributed by atoms with Crippen molar-refractivity contribution in [2.45, 2.75) is 25.0 Å². The molecule has 1 saturated carbocycles. The summed E-state index contributed by atoms with van der Waals surface area (Å²) in [5.41, 5.74) is 6.09. The Labute approximate surface area is 105 Å². The molecule has 16 heavy (non-hydrogen) atoms. The molecular formula is C11H14Cl2FNO. The van der Waals surface area contributed by atoms with E-state index in [9.17, 15) is 9.50 Å². The molecule has 0 aliphatic heterocycles. The molecule has 0 bridgehead atoms. The zero-order chi connectivity index (χ0) is 11.0. The van der Waals surface area contributed by atoms with Crippen LogP contribution in [0.4, 0.5) is 4.39 Å². The average molecular weight is 266 g/mol. The van der Waals surface area contributed by atoms with Crippen LogP contribution in [0.25, 0.3) is 0 Å². The molecule has 0 radical (unpaired) electrons. The number of aliphatic hydroxyl groups excluding tert-OH is 1. The number of hydrogen-bond donors (Lipinski definition) is 2. The molecule has 0 unspecified atom stereocenters. The Kier molecular flexibility index (Phi) is 4.56. The Bertz CT molecular complexity index is 371. The summed E-state index contributed by atoms with van der Waals surface area (Å²) in [6, 6.07) is 3.54. The first kappa shape index (κ1) is 13.7. The maximum atomic E-state index is 13.4. The Hall–Kier alpha value is -0.350. The molecule has 2 atom stereocenters. The number of aliphatic hydroxyl groups is 1. The molecule has 2 nitrogen and oxygen atoms in total. The fourth-order valence-electron chi connectivity index (χ4n) is 1.68. The predicted octanol–water partition coefficient (Wildman–Crippen LogP) is 2.67. The van der Waals surface area contributed by atoms with E-state index in [-0.39, 0.29) is 18.3 Å². The van der Waals surface area contributed by atoms with Gasteiger partial charge in [-0.15, -0.1) is 12.4 Å². The highest BCUT2D eigenvalue weighted by molar-refractivity contribution is 6.30. The molecule has 0 saturated heterocycles. The first-order chi connectivity index (χ1) is 7.09. The third-order valence-electron chi connectivity index (χ3n) is 2.79. The lowest BCUT2D eigenvalue weighted by molar-refractivity contribution is 0.121. The molecule has 2 rings (SSSR count). The minimum absolute atomic E-state index is 0. The lowest BCUT2D eigenvalue weighted by atomic mass is 9.99. The van der Waals surface area contributed by atoms with Crippen molar-refractivity contribution in [2.75, 3.05) is 0 Å². The van der Waals surface area contributed by atoms with Gasteiger partial charge in [0.15, 0.2) is 0 Å². The van der Waals surface area contributed by atoms with Crippen molar-refractivity contribution in [1.29, 1.82) is 0 Å². The largest absolute Gasteiger partial charge is 0.391 e. The van der Waals surface area contributed by atoms with Gasteiger partial charge in [0, 0.05) is 10.6 Å². The predicted molar refractivity (Wildman–Crippen MR) is 64.3 cm³/mol. The summed E-state index contributed by atoms with van der Waals surface area (Å²) in [7, 11) is 0. The Morgan fingerprint density at radius 3 is 2.62 bits per heavy atom. The molecule has 3 N–H and O–H groups in total. The van der Waals surface area contributed by atoms with Gasteiger partial charge in [0.05, 0.1) is 12.1 Å². The van der Waals surface area contributed by atoms with E-state index in [0.717, 1.165) is 12.8 Å². The molecule has 5 heteroatoms. The smallest absolute Gasteiger partial charge is 0.128 e. The van der Waals surface area contributed by atoms with Crippen molar-refractivity contribution in [1.82, 2.24) is 0 Å². The first-order valence-electron chi connectivity index (χ1n) is 4.98. The highest BCUT2D eigenvalue weighted by Crippen LogP contribution is 2.37. The number of benzene rings is 1. The van der Waals surface area contributed by atoms with E-state index in [1.54, 1.807) is 0 Å². The molecular weight excluding hydrogens is 252 g/mol. The lowest BCUT2D eigenvalue weighted by Crippen LogP contribution is -2.28. The van der Waals surface area contributed by atoms with Crippen LogP contribution >= 0.6 is 24.0 Å². The van der Waals surface area contributed by atoms with Crippen LogP contribution in [0.1, 0.15) is 24.4 Å². The van der Waals surface area contributed by atoms with E-state index in [1.165, 1.54) is 18.2 Å². The van der Waals surface area contributed by atoms with Crippen molar-refractivity contribution in [3.05, 3.63) is 34.6 Å². The summed E-state index contributed by atoms with van der Waals surface area (Å²) in [6.07, 6.45) is 1.27. The maximum absolute atomic E-state index is 13.4.